The van der Waals surface area contributed by atoms with Gasteiger partial charge in [0.1, 0.15) is 0 Å². The van der Waals surface area contributed by atoms with Gasteiger partial charge in [-0.3, -0.25) is 9.88 Å². The van der Waals surface area contributed by atoms with Crippen LogP contribution >= 0.6 is 0 Å². The van der Waals surface area contributed by atoms with Crippen molar-refractivity contribution in [3.63, 3.8) is 0 Å². The van der Waals surface area contributed by atoms with Gasteiger partial charge >= 0.3 is 0 Å². The van der Waals surface area contributed by atoms with Crippen LogP contribution in [-0.4, -0.2) is 40.7 Å². The standard InChI is InChI=1S/C15H25N3O/c1-2-14(16)15(13-6-3-7-17-9-13)18-8-4-5-12(10-18)11-19/h3,6-7,9,12,14-15,19H,2,4-5,8,10-11,16H2,1H3. The van der Waals surface area contributed by atoms with Crippen LogP contribution in [0.2, 0.25) is 0 Å². The highest BCUT2D eigenvalue weighted by Crippen LogP contribution is 2.29. The second kappa shape index (κ2) is 6.98. The average Bonchev–Trinajstić information content (AvgIpc) is 2.48. The number of hydrogen-bond acceptors (Lipinski definition) is 4. The van der Waals surface area contributed by atoms with Crippen LogP contribution in [0.25, 0.3) is 0 Å². The first-order valence-corrected chi connectivity index (χ1v) is 7.26. The van der Waals surface area contributed by atoms with Crippen molar-refractivity contribution in [1.29, 1.82) is 0 Å². The molecular formula is C15H25N3O. The third-order valence-corrected chi connectivity index (χ3v) is 4.10. The van der Waals surface area contributed by atoms with Gasteiger partial charge in [-0.2, -0.15) is 0 Å². The number of hydrogen-bond donors (Lipinski definition) is 2. The van der Waals surface area contributed by atoms with Crippen molar-refractivity contribution in [3.05, 3.63) is 30.1 Å². The second-order valence-electron chi connectivity index (χ2n) is 5.49. The maximum atomic E-state index is 9.39. The Labute approximate surface area is 115 Å². The Kier molecular flexibility index (Phi) is 5.31. The predicted octanol–water partition coefficient (Wildman–Crippen LogP) is 1.56. The van der Waals surface area contributed by atoms with E-state index in [4.69, 9.17) is 5.73 Å². The first-order chi connectivity index (χ1) is 9.26. The number of likely N-dealkylation sites (tertiary alicyclic amines) is 1. The van der Waals surface area contributed by atoms with Crippen LogP contribution in [0.15, 0.2) is 24.5 Å². The molecule has 0 amide bonds. The zero-order chi connectivity index (χ0) is 13.7. The SMILES string of the molecule is CCC(N)C(c1cccnc1)N1CCCC(CO)C1. The molecule has 0 aromatic carbocycles. The van der Waals surface area contributed by atoms with E-state index in [1.807, 2.05) is 12.3 Å². The summed E-state index contributed by atoms with van der Waals surface area (Å²) in [7, 11) is 0. The normalized spacial score (nSPS) is 24.1. The lowest BCUT2D eigenvalue weighted by atomic mass is 9.92. The van der Waals surface area contributed by atoms with Crippen molar-refractivity contribution < 1.29 is 5.11 Å². The second-order valence-corrected chi connectivity index (χ2v) is 5.49. The minimum absolute atomic E-state index is 0.113. The molecule has 106 valence electrons. The molecule has 3 atom stereocenters. The largest absolute Gasteiger partial charge is 0.396 e. The Morgan fingerprint density at radius 2 is 2.42 bits per heavy atom. The van der Waals surface area contributed by atoms with Crippen molar-refractivity contribution in [1.82, 2.24) is 9.88 Å². The van der Waals surface area contributed by atoms with Crippen LogP contribution < -0.4 is 5.73 Å². The third kappa shape index (κ3) is 3.53. The van der Waals surface area contributed by atoms with Gasteiger partial charge in [0.05, 0.1) is 6.04 Å². The number of rotatable bonds is 5. The van der Waals surface area contributed by atoms with E-state index < -0.39 is 0 Å². The third-order valence-electron chi connectivity index (χ3n) is 4.10. The topological polar surface area (TPSA) is 62.4 Å². The molecule has 1 aliphatic rings. The molecule has 4 nitrogen and oxygen atoms in total. The zero-order valence-electron chi connectivity index (χ0n) is 11.7. The van der Waals surface area contributed by atoms with Gasteiger partial charge < -0.3 is 10.8 Å². The summed E-state index contributed by atoms with van der Waals surface area (Å²) in [5.41, 5.74) is 7.53. The number of aliphatic hydroxyl groups is 1. The fourth-order valence-corrected chi connectivity index (χ4v) is 3.00. The number of piperidine rings is 1. The Hall–Kier alpha value is -0.970. The molecule has 3 N–H and O–H groups in total. The maximum Gasteiger partial charge on any atom is 0.0514 e. The molecule has 0 spiro atoms. The van der Waals surface area contributed by atoms with Crippen LogP contribution in [0.5, 0.6) is 0 Å². The Morgan fingerprint density at radius 1 is 1.58 bits per heavy atom. The average molecular weight is 263 g/mol. The quantitative estimate of drug-likeness (QED) is 0.846. The molecule has 1 aromatic heterocycles. The summed E-state index contributed by atoms with van der Waals surface area (Å²) in [6, 6.07) is 4.41. The lowest BCUT2D eigenvalue weighted by Gasteiger charge is -2.40. The molecule has 1 saturated heterocycles. The van der Waals surface area contributed by atoms with Gasteiger partial charge in [0, 0.05) is 31.6 Å². The minimum atomic E-state index is 0.113. The number of aliphatic hydroxyl groups excluding tert-OH is 1. The highest BCUT2D eigenvalue weighted by Gasteiger charge is 2.30. The smallest absolute Gasteiger partial charge is 0.0514 e. The maximum absolute atomic E-state index is 9.39. The molecule has 4 heteroatoms. The first-order valence-electron chi connectivity index (χ1n) is 7.26. The van der Waals surface area contributed by atoms with E-state index in [2.05, 4.69) is 22.9 Å². The Balaban J connectivity index is 2.18. The van der Waals surface area contributed by atoms with Crippen LogP contribution in [0.4, 0.5) is 0 Å². The summed E-state index contributed by atoms with van der Waals surface area (Å²) in [4.78, 5) is 6.65. The highest BCUT2D eigenvalue weighted by molar-refractivity contribution is 5.16. The molecule has 1 aromatic rings. The van der Waals surface area contributed by atoms with Gasteiger partial charge in [0.25, 0.3) is 0 Å². The Bertz CT molecular complexity index is 371. The van der Waals surface area contributed by atoms with Gasteiger partial charge in [-0.05, 0) is 43.4 Å². The van der Waals surface area contributed by atoms with E-state index in [0.717, 1.165) is 32.4 Å². The van der Waals surface area contributed by atoms with Gasteiger partial charge in [0.2, 0.25) is 0 Å². The molecule has 3 unspecified atom stereocenters. The molecule has 0 radical (unpaired) electrons. The molecule has 1 aliphatic heterocycles. The fourth-order valence-electron chi connectivity index (χ4n) is 3.00. The number of nitrogens with zero attached hydrogens (tertiary/aromatic N) is 2. The molecule has 0 bridgehead atoms. The lowest BCUT2D eigenvalue weighted by molar-refractivity contribution is 0.0762. The van der Waals surface area contributed by atoms with E-state index in [9.17, 15) is 5.11 Å². The molecule has 0 saturated carbocycles. The van der Waals surface area contributed by atoms with Gasteiger partial charge in [-0.15, -0.1) is 0 Å². The lowest BCUT2D eigenvalue weighted by Crippen LogP contribution is -2.46. The van der Waals surface area contributed by atoms with Crippen molar-refractivity contribution in [2.24, 2.45) is 11.7 Å². The van der Waals surface area contributed by atoms with Crippen LogP contribution in [-0.2, 0) is 0 Å². The number of pyridine rings is 1. The van der Waals surface area contributed by atoms with Gasteiger partial charge in [0.15, 0.2) is 0 Å². The highest BCUT2D eigenvalue weighted by atomic mass is 16.3. The van der Waals surface area contributed by atoms with Crippen LogP contribution in [0.1, 0.15) is 37.8 Å². The summed E-state index contributed by atoms with van der Waals surface area (Å²) >= 11 is 0. The molecule has 2 heterocycles. The van der Waals surface area contributed by atoms with E-state index in [1.54, 1.807) is 6.20 Å². The summed E-state index contributed by atoms with van der Waals surface area (Å²) in [6.45, 7) is 4.40. The van der Waals surface area contributed by atoms with Crippen molar-refractivity contribution in [2.75, 3.05) is 19.7 Å². The predicted molar refractivity (Wildman–Crippen MR) is 76.6 cm³/mol. The summed E-state index contributed by atoms with van der Waals surface area (Å²) < 4.78 is 0. The zero-order valence-corrected chi connectivity index (χ0v) is 11.7. The fraction of sp³-hybridized carbons (Fsp3) is 0.667. The first kappa shape index (κ1) is 14.4. The minimum Gasteiger partial charge on any atom is -0.396 e. The summed E-state index contributed by atoms with van der Waals surface area (Å²) in [5, 5.41) is 9.39. The molecule has 19 heavy (non-hydrogen) atoms. The van der Waals surface area contributed by atoms with Crippen LogP contribution in [0, 0.1) is 5.92 Å². The molecule has 1 fully saturated rings. The van der Waals surface area contributed by atoms with Crippen molar-refractivity contribution in [2.45, 2.75) is 38.3 Å². The summed E-state index contributed by atoms with van der Waals surface area (Å²) in [5.74, 6) is 0.386. The molecule has 0 aliphatic carbocycles. The summed E-state index contributed by atoms with van der Waals surface area (Å²) in [6.07, 6.45) is 6.92. The van der Waals surface area contributed by atoms with Crippen LogP contribution in [0.3, 0.4) is 0 Å². The molecular weight excluding hydrogens is 238 g/mol. The van der Waals surface area contributed by atoms with Crippen molar-refractivity contribution >= 4 is 0 Å². The molecule has 2 rings (SSSR count). The van der Waals surface area contributed by atoms with Gasteiger partial charge in [-0.1, -0.05) is 13.0 Å². The van der Waals surface area contributed by atoms with E-state index >= 15 is 0 Å². The number of aromatic nitrogens is 1. The number of nitrogens with two attached hydrogens (primary N) is 1. The monoisotopic (exact) mass is 263 g/mol. The van der Waals surface area contributed by atoms with Gasteiger partial charge in [-0.25, -0.2) is 0 Å². The van der Waals surface area contributed by atoms with E-state index in [0.29, 0.717) is 5.92 Å². The van der Waals surface area contributed by atoms with E-state index in [1.165, 1.54) is 5.56 Å². The van der Waals surface area contributed by atoms with Crippen molar-refractivity contribution in [3.8, 4) is 0 Å². The Morgan fingerprint density at radius 3 is 3.05 bits per heavy atom. The van der Waals surface area contributed by atoms with E-state index in [-0.39, 0.29) is 18.7 Å².